The lowest BCUT2D eigenvalue weighted by Crippen LogP contribution is -2.06. The van der Waals surface area contributed by atoms with Crippen LogP contribution in [0.3, 0.4) is 0 Å². The predicted octanol–water partition coefficient (Wildman–Crippen LogP) is 1.49. The lowest BCUT2D eigenvalue weighted by Gasteiger charge is -2.01. The summed E-state index contributed by atoms with van der Waals surface area (Å²) in [6, 6.07) is 0. The number of rotatable bonds is 7. The zero-order valence-corrected chi connectivity index (χ0v) is 8.75. The summed E-state index contributed by atoms with van der Waals surface area (Å²) < 4.78 is 9.43. The van der Waals surface area contributed by atoms with Gasteiger partial charge >= 0.3 is 11.9 Å². The highest BCUT2D eigenvalue weighted by molar-refractivity contribution is 5.71. The largest absolute Gasteiger partial charge is 0.466 e. The van der Waals surface area contributed by atoms with E-state index in [1.54, 1.807) is 20.3 Å². The van der Waals surface area contributed by atoms with E-state index in [0.29, 0.717) is 26.1 Å². The molecule has 0 bridgehead atoms. The molecule has 0 N–H and O–H groups in total. The van der Waals surface area contributed by atoms with Crippen LogP contribution in [0.4, 0.5) is 0 Å². The van der Waals surface area contributed by atoms with E-state index in [2.05, 4.69) is 0 Å². The van der Waals surface area contributed by atoms with Gasteiger partial charge in [0, 0.05) is 12.8 Å². The number of hydrogen-bond acceptors (Lipinski definition) is 4. The molecule has 0 saturated heterocycles. The van der Waals surface area contributed by atoms with E-state index in [9.17, 15) is 9.59 Å². The van der Waals surface area contributed by atoms with Gasteiger partial charge in [0.25, 0.3) is 0 Å². The fraction of sp³-hybridized carbons (Fsp3) is 0.700. The molecule has 4 nitrogen and oxygen atoms in total. The number of hydrogen-bond donors (Lipinski definition) is 0. The third-order valence-electron chi connectivity index (χ3n) is 1.47. The Balaban J connectivity index is 3.28. The van der Waals surface area contributed by atoms with Gasteiger partial charge in [0.05, 0.1) is 13.2 Å². The molecule has 0 aliphatic heterocycles. The lowest BCUT2D eigenvalue weighted by molar-refractivity contribution is -0.144. The second-order valence-electron chi connectivity index (χ2n) is 2.64. The normalized spacial score (nSPS) is 9.57. The van der Waals surface area contributed by atoms with Crippen molar-refractivity contribution < 1.29 is 19.1 Å². The van der Waals surface area contributed by atoms with Crippen molar-refractivity contribution in [3.05, 3.63) is 6.42 Å². The SMILES string of the molecule is CCOC(=O)C[CH]CCC(=O)OCC. The molecule has 1 radical (unpaired) electrons. The minimum absolute atomic E-state index is 0.229. The number of carbonyl (C=O) groups is 2. The summed E-state index contributed by atoms with van der Waals surface area (Å²) >= 11 is 0. The second-order valence-corrected chi connectivity index (χ2v) is 2.64. The first kappa shape index (κ1) is 12.9. The molecule has 0 aliphatic carbocycles. The minimum atomic E-state index is -0.253. The van der Waals surface area contributed by atoms with Gasteiger partial charge in [-0.05, 0) is 26.7 Å². The highest BCUT2D eigenvalue weighted by atomic mass is 16.5. The Bertz CT molecular complexity index is 157. The van der Waals surface area contributed by atoms with E-state index < -0.39 is 0 Å². The lowest BCUT2D eigenvalue weighted by atomic mass is 10.2. The van der Waals surface area contributed by atoms with Crippen LogP contribution in [0, 0.1) is 6.42 Å². The first-order valence-corrected chi connectivity index (χ1v) is 4.83. The molecule has 0 fully saturated rings. The fourth-order valence-electron chi connectivity index (χ4n) is 0.893. The van der Waals surface area contributed by atoms with Crippen LogP contribution in [0.1, 0.15) is 33.1 Å². The quantitative estimate of drug-likeness (QED) is 0.462. The standard InChI is InChI=1S/C10H17O4/c1-3-13-9(11)7-5-6-8-10(12)14-4-2/h5H,3-4,6-8H2,1-2H3. The van der Waals surface area contributed by atoms with Crippen molar-refractivity contribution in [1.29, 1.82) is 0 Å². The van der Waals surface area contributed by atoms with E-state index in [1.807, 2.05) is 0 Å². The zero-order chi connectivity index (χ0) is 10.8. The predicted molar refractivity (Wildman–Crippen MR) is 51.4 cm³/mol. The summed E-state index contributed by atoms with van der Waals surface area (Å²) in [5.41, 5.74) is 0. The monoisotopic (exact) mass is 201 g/mol. The molecular weight excluding hydrogens is 184 g/mol. The van der Waals surface area contributed by atoms with E-state index in [1.165, 1.54) is 0 Å². The van der Waals surface area contributed by atoms with Gasteiger partial charge in [0.2, 0.25) is 0 Å². The van der Waals surface area contributed by atoms with E-state index >= 15 is 0 Å². The maximum atomic E-state index is 10.9. The van der Waals surface area contributed by atoms with Crippen LogP contribution in [0.2, 0.25) is 0 Å². The van der Waals surface area contributed by atoms with Gasteiger partial charge in [-0.25, -0.2) is 0 Å². The van der Waals surface area contributed by atoms with Gasteiger partial charge in [-0.1, -0.05) is 0 Å². The highest BCUT2D eigenvalue weighted by Crippen LogP contribution is 2.01. The Morgan fingerprint density at radius 2 is 1.64 bits per heavy atom. The molecule has 0 saturated carbocycles. The Morgan fingerprint density at radius 1 is 1.07 bits per heavy atom. The van der Waals surface area contributed by atoms with Crippen LogP contribution >= 0.6 is 0 Å². The maximum Gasteiger partial charge on any atom is 0.306 e. The summed E-state index contributed by atoms with van der Waals surface area (Å²) in [4.78, 5) is 21.7. The van der Waals surface area contributed by atoms with E-state index in [0.717, 1.165) is 0 Å². The van der Waals surface area contributed by atoms with Crippen molar-refractivity contribution >= 4 is 11.9 Å². The van der Waals surface area contributed by atoms with Crippen molar-refractivity contribution in [1.82, 2.24) is 0 Å². The zero-order valence-electron chi connectivity index (χ0n) is 8.75. The van der Waals surface area contributed by atoms with Crippen LogP contribution in [0.15, 0.2) is 0 Å². The first-order valence-electron chi connectivity index (χ1n) is 4.83. The Hall–Kier alpha value is -1.06. The van der Waals surface area contributed by atoms with Crippen LogP contribution in [-0.2, 0) is 19.1 Å². The molecule has 81 valence electrons. The summed E-state index contributed by atoms with van der Waals surface area (Å²) in [5, 5.41) is 0. The van der Waals surface area contributed by atoms with Crippen molar-refractivity contribution in [2.75, 3.05) is 13.2 Å². The van der Waals surface area contributed by atoms with Crippen LogP contribution in [0.25, 0.3) is 0 Å². The van der Waals surface area contributed by atoms with Crippen molar-refractivity contribution in [3.63, 3.8) is 0 Å². The number of ether oxygens (including phenoxy) is 2. The van der Waals surface area contributed by atoms with Gasteiger partial charge in [0.1, 0.15) is 0 Å². The number of unbranched alkanes of at least 4 members (excludes halogenated alkanes) is 1. The summed E-state index contributed by atoms with van der Waals surface area (Å²) in [6.45, 7) is 4.32. The van der Waals surface area contributed by atoms with Gasteiger partial charge in [-0.15, -0.1) is 0 Å². The maximum absolute atomic E-state index is 10.9. The van der Waals surface area contributed by atoms with Gasteiger partial charge < -0.3 is 9.47 Å². The van der Waals surface area contributed by atoms with Crippen molar-refractivity contribution in [2.45, 2.75) is 33.1 Å². The fourth-order valence-corrected chi connectivity index (χ4v) is 0.893. The number of esters is 2. The smallest absolute Gasteiger partial charge is 0.306 e. The molecule has 0 spiro atoms. The highest BCUT2D eigenvalue weighted by Gasteiger charge is 2.04. The topological polar surface area (TPSA) is 52.6 Å². The molecule has 0 unspecified atom stereocenters. The molecule has 0 aromatic rings. The molecule has 0 aromatic heterocycles. The van der Waals surface area contributed by atoms with Crippen molar-refractivity contribution in [2.24, 2.45) is 0 Å². The second kappa shape index (κ2) is 8.53. The average molecular weight is 201 g/mol. The van der Waals surface area contributed by atoms with E-state index in [4.69, 9.17) is 9.47 Å². The third kappa shape index (κ3) is 7.58. The van der Waals surface area contributed by atoms with Crippen LogP contribution in [0.5, 0.6) is 0 Å². The molecule has 0 amide bonds. The molecule has 0 aliphatic rings. The summed E-state index contributed by atoms with van der Waals surface area (Å²) in [5.74, 6) is -0.482. The minimum Gasteiger partial charge on any atom is -0.466 e. The molecular formula is C10H17O4. The average Bonchev–Trinajstić information content (AvgIpc) is 2.13. The number of carbonyl (C=O) groups excluding carboxylic acids is 2. The summed E-state index contributed by atoms with van der Waals surface area (Å²) in [6.07, 6.45) is 2.87. The van der Waals surface area contributed by atoms with Crippen LogP contribution < -0.4 is 0 Å². The molecule has 4 heteroatoms. The third-order valence-corrected chi connectivity index (χ3v) is 1.47. The van der Waals surface area contributed by atoms with Crippen molar-refractivity contribution in [3.8, 4) is 0 Å². The Kier molecular flexibility index (Phi) is 7.89. The van der Waals surface area contributed by atoms with E-state index in [-0.39, 0.29) is 18.4 Å². The summed E-state index contributed by atoms with van der Waals surface area (Å²) in [7, 11) is 0. The molecule has 0 atom stereocenters. The molecule has 0 aromatic carbocycles. The molecule has 0 rings (SSSR count). The van der Waals surface area contributed by atoms with Crippen LogP contribution in [-0.4, -0.2) is 25.2 Å². The first-order chi connectivity index (χ1) is 6.70. The Labute approximate surface area is 84.6 Å². The molecule has 14 heavy (non-hydrogen) atoms. The van der Waals surface area contributed by atoms with Gasteiger partial charge in [0.15, 0.2) is 0 Å². The van der Waals surface area contributed by atoms with Gasteiger partial charge in [-0.2, -0.15) is 0 Å². The Morgan fingerprint density at radius 3 is 2.21 bits per heavy atom. The van der Waals surface area contributed by atoms with Gasteiger partial charge in [-0.3, -0.25) is 9.59 Å². The molecule has 0 heterocycles.